The van der Waals surface area contributed by atoms with Crippen molar-refractivity contribution < 1.29 is 4.74 Å². The molecule has 0 bridgehead atoms. The molecule has 3 heteroatoms. The van der Waals surface area contributed by atoms with E-state index >= 15 is 0 Å². The molecule has 0 amide bonds. The van der Waals surface area contributed by atoms with Gasteiger partial charge in [-0.25, -0.2) is 0 Å². The molecule has 0 aliphatic rings. The molecule has 2 nitrogen and oxygen atoms in total. The zero-order valence-electron chi connectivity index (χ0n) is 11.2. The van der Waals surface area contributed by atoms with Crippen LogP contribution in [-0.2, 0) is 6.61 Å². The van der Waals surface area contributed by atoms with E-state index < -0.39 is 0 Å². The molecule has 2 aromatic rings. The summed E-state index contributed by atoms with van der Waals surface area (Å²) in [5, 5.41) is 0. The number of ether oxygens (including phenoxy) is 1. The molecule has 0 aromatic heterocycles. The molecule has 2 aromatic carbocycles. The number of hydrogen-bond donors (Lipinski definition) is 1. The normalized spacial score (nSPS) is 12.2. The molecule has 0 saturated heterocycles. The van der Waals surface area contributed by atoms with Crippen LogP contribution in [0.5, 0.6) is 5.75 Å². The number of benzene rings is 2. The van der Waals surface area contributed by atoms with Crippen molar-refractivity contribution in [3.05, 3.63) is 63.6 Å². The third-order valence-electron chi connectivity index (χ3n) is 3.11. The summed E-state index contributed by atoms with van der Waals surface area (Å²) in [6, 6.07) is 14.1. The van der Waals surface area contributed by atoms with Gasteiger partial charge in [0.1, 0.15) is 12.4 Å². The molecule has 2 N–H and O–H groups in total. The first-order chi connectivity index (χ1) is 9.08. The number of halogens is 1. The van der Waals surface area contributed by atoms with Gasteiger partial charge in [0.25, 0.3) is 0 Å². The van der Waals surface area contributed by atoms with E-state index in [0.717, 1.165) is 15.8 Å². The highest BCUT2D eigenvalue weighted by atomic mass is 79.9. The summed E-state index contributed by atoms with van der Waals surface area (Å²) in [6.45, 7) is 4.61. The summed E-state index contributed by atoms with van der Waals surface area (Å²) in [7, 11) is 0. The van der Waals surface area contributed by atoms with Gasteiger partial charge in [-0.05, 0) is 37.1 Å². The van der Waals surface area contributed by atoms with Gasteiger partial charge < -0.3 is 10.5 Å². The summed E-state index contributed by atoms with van der Waals surface area (Å²) < 4.78 is 6.93. The number of rotatable bonds is 4. The first kappa shape index (κ1) is 14.1. The fourth-order valence-electron chi connectivity index (χ4n) is 1.94. The maximum atomic E-state index is 5.97. The molecule has 0 fully saturated rings. The lowest BCUT2D eigenvalue weighted by atomic mass is 10.1. The lowest BCUT2D eigenvalue weighted by Gasteiger charge is -2.15. The monoisotopic (exact) mass is 319 g/mol. The van der Waals surface area contributed by atoms with Crippen molar-refractivity contribution in [1.82, 2.24) is 0 Å². The molecule has 0 radical (unpaired) electrons. The lowest BCUT2D eigenvalue weighted by Crippen LogP contribution is -2.08. The highest BCUT2D eigenvalue weighted by Crippen LogP contribution is 2.28. The Morgan fingerprint density at radius 1 is 1.21 bits per heavy atom. The Hall–Kier alpha value is -1.32. The van der Waals surface area contributed by atoms with Crippen molar-refractivity contribution in [3.63, 3.8) is 0 Å². The fraction of sp³-hybridized carbons (Fsp3) is 0.250. The van der Waals surface area contributed by atoms with Crippen LogP contribution >= 0.6 is 15.9 Å². The minimum atomic E-state index is -0.0417. The van der Waals surface area contributed by atoms with E-state index in [1.54, 1.807) is 0 Å². The van der Waals surface area contributed by atoms with E-state index in [2.05, 4.69) is 35.0 Å². The van der Waals surface area contributed by atoms with Crippen LogP contribution in [0.3, 0.4) is 0 Å². The van der Waals surface area contributed by atoms with Crippen LogP contribution in [-0.4, -0.2) is 0 Å². The summed E-state index contributed by atoms with van der Waals surface area (Å²) in [5.41, 5.74) is 9.42. The van der Waals surface area contributed by atoms with Crippen LogP contribution < -0.4 is 10.5 Å². The highest BCUT2D eigenvalue weighted by molar-refractivity contribution is 9.10. The molecule has 2 rings (SSSR count). The maximum absolute atomic E-state index is 5.97. The van der Waals surface area contributed by atoms with Gasteiger partial charge in [-0.2, -0.15) is 0 Å². The van der Waals surface area contributed by atoms with Crippen LogP contribution in [0.1, 0.15) is 29.7 Å². The van der Waals surface area contributed by atoms with E-state index in [4.69, 9.17) is 10.5 Å². The first-order valence-electron chi connectivity index (χ1n) is 6.30. The van der Waals surface area contributed by atoms with Gasteiger partial charge in [0.05, 0.1) is 0 Å². The minimum absolute atomic E-state index is 0.0417. The summed E-state index contributed by atoms with van der Waals surface area (Å²) in [5.74, 6) is 0.840. The number of aryl methyl sites for hydroxylation is 1. The predicted molar refractivity (Wildman–Crippen MR) is 82.3 cm³/mol. The van der Waals surface area contributed by atoms with E-state index in [1.807, 2.05) is 37.3 Å². The molecule has 0 spiro atoms. The zero-order chi connectivity index (χ0) is 13.8. The standard InChI is InChI=1S/C16H18BrNO/c1-11-5-3-4-6-13(11)10-19-16-9-14(17)7-8-15(16)12(2)18/h3-9,12H,10,18H2,1-2H3. The molecule has 0 aliphatic heterocycles. The number of hydrogen-bond acceptors (Lipinski definition) is 2. The SMILES string of the molecule is Cc1ccccc1COc1cc(Br)ccc1C(C)N. The first-order valence-corrected chi connectivity index (χ1v) is 7.09. The third kappa shape index (κ3) is 3.58. The van der Waals surface area contributed by atoms with Gasteiger partial charge in [0.15, 0.2) is 0 Å². The van der Waals surface area contributed by atoms with Gasteiger partial charge in [0.2, 0.25) is 0 Å². The van der Waals surface area contributed by atoms with Crippen LogP contribution in [0.25, 0.3) is 0 Å². The summed E-state index contributed by atoms with van der Waals surface area (Å²) in [4.78, 5) is 0. The smallest absolute Gasteiger partial charge is 0.125 e. The molecule has 1 unspecified atom stereocenters. The Labute approximate surface area is 122 Å². The van der Waals surface area contributed by atoms with Crippen molar-refractivity contribution >= 4 is 15.9 Å². The second-order valence-corrected chi connectivity index (χ2v) is 5.60. The van der Waals surface area contributed by atoms with Crippen molar-refractivity contribution in [1.29, 1.82) is 0 Å². The lowest BCUT2D eigenvalue weighted by molar-refractivity contribution is 0.300. The molecule has 0 aliphatic carbocycles. The number of nitrogens with two attached hydrogens (primary N) is 1. The highest BCUT2D eigenvalue weighted by Gasteiger charge is 2.09. The molecule has 0 heterocycles. The molecule has 19 heavy (non-hydrogen) atoms. The van der Waals surface area contributed by atoms with Crippen LogP contribution in [0.2, 0.25) is 0 Å². The van der Waals surface area contributed by atoms with E-state index in [1.165, 1.54) is 11.1 Å². The Balaban J connectivity index is 2.19. The van der Waals surface area contributed by atoms with E-state index in [-0.39, 0.29) is 6.04 Å². The minimum Gasteiger partial charge on any atom is -0.489 e. The second kappa shape index (κ2) is 6.22. The Bertz CT molecular complexity index is 566. The summed E-state index contributed by atoms with van der Waals surface area (Å²) >= 11 is 3.47. The van der Waals surface area contributed by atoms with Crippen LogP contribution in [0.15, 0.2) is 46.9 Å². The Kier molecular flexibility index (Phi) is 4.61. The topological polar surface area (TPSA) is 35.2 Å². The second-order valence-electron chi connectivity index (χ2n) is 4.69. The average molecular weight is 320 g/mol. The molecule has 1 atom stereocenters. The van der Waals surface area contributed by atoms with Crippen LogP contribution in [0, 0.1) is 6.92 Å². The predicted octanol–water partition coefficient (Wildman–Crippen LogP) is 4.36. The van der Waals surface area contributed by atoms with Gasteiger partial charge in [0, 0.05) is 16.1 Å². The fourth-order valence-corrected chi connectivity index (χ4v) is 2.28. The van der Waals surface area contributed by atoms with Gasteiger partial charge >= 0.3 is 0 Å². The summed E-state index contributed by atoms with van der Waals surface area (Å²) in [6.07, 6.45) is 0. The molecular formula is C16H18BrNO. The molecule has 0 saturated carbocycles. The van der Waals surface area contributed by atoms with Crippen LogP contribution in [0.4, 0.5) is 0 Å². The zero-order valence-corrected chi connectivity index (χ0v) is 12.8. The van der Waals surface area contributed by atoms with Crippen molar-refractivity contribution in [2.45, 2.75) is 26.5 Å². The van der Waals surface area contributed by atoms with Gasteiger partial charge in [-0.1, -0.05) is 46.3 Å². The van der Waals surface area contributed by atoms with E-state index in [0.29, 0.717) is 6.61 Å². The molecular weight excluding hydrogens is 302 g/mol. The average Bonchev–Trinajstić information content (AvgIpc) is 2.37. The largest absolute Gasteiger partial charge is 0.489 e. The van der Waals surface area contributed by atoms with Crippen molar-refractivity contribution in [3.8, 4) is 5.75 Å². The van der Waals surface area contributed by atoms with Gasteiger partial charge in [-0.15, -0.1) is 0 Å². The third-order valence-corrected chi connectivity index (χ3v) is 3.60. The van der Waals surface area contributed by atoms with Gasteiger partial charge in [-0.3, -0.25) is 0 Å². The Morgan fingerprint density at radius 2 is 1.95 bits per heavy atom. The Morgan fingerprint density at radius 3 is 2.63 bits per heavy atom. The quantitative estimate of drug-likeness (QED) is 0.908. The molecule has 100 valence electrons. The van der Waals surface area contributed by atoms with E-state index in [9.17, 15) is 0 Å². The maximum Gasteiger partial charge on any atom is 0.125 e. The van der Waals surface area contributed by atoms with Crippen molar-refractivity contribution in [2.75, 3.05) is 0 Å². The van der Waals surface area contributed by atoms with Crippen molar-refractivity contribution in [2.24, 2.45) is 5.73 Å².